The Morgan fingerprint density at radius 3 is 1.06 bits per heavy atom. The molecule has 0 aliphatic heterocycles. The molecule has 0 fully saturated rings. The number of carbonyl (C=O) groups is 3. The average molecular weight is 1960 g/mol. The highest BCUT2D eigenvalue weighted by molar-refractivity contribution is 7.92. The number of fused-ring (bicyclic) bond motifs is 3. The number of halogens is 1. The molecule has 3 aliphatic rings. The number of benzene rings is 11. The van der Waals surface area contributed by atoms with Gasteiger partial charge in [-0.2, -0.15) is 5.26 Å². The van der Waals surface area contributed by atoms with Crippen LogP contribution >= 0.6 is 11.6 Å². The molecular formula is C111H103ClN2O21S4. The molecule has 28 heteroatoms. The molecule has 11 aromatic carbocycles. The van der Waals surface area contributed by atoms with Crippen LogP contribution in [0, 0.1) is 139 Å². The van der Waals surface area contributed by atoms with Crippen molar-refractivity contribution in [1.82, 2.24) is 0 Å². The zero-order chi connectivity index (χ0) is 102. The standard InChI is InChI=1S/C18H15NO3S.C18H18O3S.C17H15ClO3S.C17H15NO5S.C14H14O3.C14H14O2.C13H12O2/c1-2-7-17(20)18(15-9-6-8-14(12-15)13-19)23(21,22)16-10-4-3-5-11-16;1-3-8-17(19)18(15-10-7-9-14(2)13-15)22(20,21)16-11-5-4-6-12-16;1-2-7-16(19)17(13-8-6-9-14(18)12-13)22(20,21)15-10-4-3-5-11-15;1-2-7-16(19)17(13-8-6-9-14(12-13)18(20)21)24(22,23)15-10-4-3-5-11-15;1-3-5-11(15)10-8-9-6-4-7-12(17-2)13(9)14(10)16;1-3-5-12(15)11-8-10-7-4-6-9(2)13(10)14(11)16;1-2-5-12(14)11-8-9-6-3-4-7-10(9)13(11)15/h1,3-6,8-12,17-18,20H,7H2;1,4-7,9-13,17-19H,8H2,2H3;1,3-6,8-12,16-17,19H,7H2;1,3-6,8-12,16-17,19H,7H2;1,4,6-7,10-11,15H,5,8H2,2H3;1,4,6-7,11-12,15H,5,8H2,2H3;1,3-4,6-7,11-12,14H,5,8H2. The first kappa shape index (κ1) is 110. The normalized spacial score (nSPS) is 16.0. The number of aliphatic hydroxyl groups excluding tert-OH is 7. The van der Waals surface area contributed by atoms with Gasteiger partial charge < -0.3 is 40.5 Å². The van der Waals surface area contributed by atoms with Crippen molar-refractivity contribution in [2.24, 2.45) is 17.8 Å². The summed E-state index contributed by atoms with van der Waals surface area (Å²) >= 11 is 5.95. The van der Waals surface area contributed by atoms with Gasteiger partial charge in [0.05, 0.1) is 109 Å². The molecule has 0 aromatic heterocycles. The van der Waals surface area contributed by atoms with Crippen LogP contribution in [0.15, 0.2) is 299 Å². The van der Waals surface area contributed by atoms with Gasteiger partial charge in [0.25, 0.3) is 5.69 Å². The number of Topliss-reactive ketones (excluding diaryl/α,β-unsaturated/α-hetero) is 3. The lowest BCUT2D eigenvalue weighted by atomic mass is 9.95. The number of ketones is 3. The van der Waals surface area contributed by atoms with E-state index < -0.39 is 114 Å². The van der Waals surface area contributed by atoms with Crippen LogP contribution in [-0.2, 0) is 58.6 Å². The van der Waals surface area contributed by atoms with E-state index in [0.717, 1.165) is 45.0 Å². The van der Waals surface area contributed by atoms with E-state index in [-0.39, 0.29) is 105 Å². The van der Waals surface area contributed by atoms with Crippen molar-refractivity contribution >= 4 is 74.0 Å². The number of non-ortho nitro benzene ring substituents is 1. The SMILES string of the molecule is C#CCC(O)C(c1cccc(C#N)c1)S(=O)(=O)c1ccccc1.C#CCC(O)C(c1cccc(C)c1)S(=O)(=O)c1ccccc1.C#CCC(O)C(c1cccc(Cl)c1)S(=O)(=O)c1ccccc1.C#CCC(O)C(c1cccc([N+](=O)[O-])c1)S(=O)(=O)c1ccccc1.C#CCC(O)C1Cc2cccc(C)c2C1=O.C#CCC(O)C1Cc2cccc(OC)c2C1=O.C#CCC(O)C1Cc2ccccc2C1=O. The first-order chi connectivity index (χ1) is 66.4. The Kier molecular flexibility index (Phi) is 41.5. The molecule has 11 aromatic rings. The second kappa shape index (κ2) is 52.4. The number of ether oxygens (including phenoxy) is 1. The van der Waals surface area contributed by atoms with E-state index in [1.807, 2.05) is 74.5 Å². The molecule has 7 N–H and O–H groups in total. The first-order valence-electron chi connectivity index (χ1n) is 43.4. The van der Waals surface area contributed by atoms with E-state index in [2.05, 4.69) is 41.4 Å². The quantitative estimate of drug-likeness (QED) is 0.0136. The molecule has 139 heavy (non-hydrogen) atoms. The first-order valence-corrected chi connectivity index (χ1v) is 49.9. The number of nitro benzene ring substituents is 1. The number of terminal acetylenes is 7. The molecule has 0 radical (unpaired) electrons. The maximum Gasteiger partial charge on any atom is 0.269 e. The van der Waals surface area contributed by atoms with Gasteiger partial charge in [0.15, 0.2) is 56.7 Å². The molecule has 14 unspecified atom stereocenters. The molecular weight excluding hydrogens is 1860 g/mol. The smallest absolute Gasteiger partial charge is 0.269 e. The Bertz CT molecular complexity index is 6850. The molecule has 0 saturated carbocycles. The maximum atomic E-state index is 12.9. The number of sulfone groups is 4. The van der Waals surface area contributed by atoms with E-state index in [0.29, 0.717) is 57.9 Å². The number of aryl methyl sites for hydroxylation is 2. The van der Waals surface area contributed by atoms with Gasteiger partial charge in [-0.1, -0.05) is 205 Å². The van der Waals surface area contributed by atoms with Crippen LogP contribution in [0.1, 0.15) is 153 Å². The summed E-state index contributed by atoms with van der Waals surface area (Å²) in [7, 11) is -13.8. The average Bonchev–Trinajstić information content (AvgIpc) is 1.59. The third-order valence-electron chi connectivity index (χ3n) is 22.8. The van der Waals surface area contributed by atoms with Crippen LogP contribution in [-0.4, -0.2) is 142 Å². The van der Waals surface area contributed by atoms with E-state index in [9.17, 15) is 93.9 Å². The summed E-state index contributed by atoms with van der Waals surface area (Å²) in [5.74, 6) is 15.8. The van der Waals surface area contributed by atoms with Gasteiger partial charge in [-0.3, -0.25) is 24.5 Å². The number of rotatable bonds is 28. The summed E-state index contributed by atoms with van der Waals surface area (Å²) in [6.07, 6.45) is 31.2. The van der Waals surface area contributed by atoms with Gasteiger partial charge in [-0.25, -0.2) is 33.7 Å². The van der Waals surface area contributed by atoms with Crippen molar-refractivity contribution < 1.29 is 93.5 Å². The van der Waals surface area contributed by atoms with Gasteiger partial charge in [0, 0.05) is 73.2 Å². The second-order valence-corrected chi connectivity index (χ2v) is 41.0. The Morgan fingerprint density at radius 1 is 0.381 bits per heavy atom. The fraction of sp³-hybridized carbons (Fsp3) is 0.243. The Labute approximate surface area is 817 Å². The van der Waals surface area contributed by atoms with E-state index in [1.54, 1.807) is 140 Å². The van der Waals surface area contributed by atoms with Crippen LogP contribution in [0.25, 0.3) is 0 Å². The van der Waals surface area contributed by atoms with Crippen LogP contribution in [0.3, 0.4) is 0 Å². The third-order valence-corrected chi connectivity index (χ3v) is 31.8. The number of hydrogen-bond donors (Lipinski definition) is 7. The topological polar surface area (TPSA) is 406 Å². The highest BCUT2D eigenvalue weighted by Gasteiger charge is 2.43. The monoisotopic (exact) mass is 1960 g/mol. The molecule has 0 amide bonds. The van der Waals surface area contributed by atoms with E-state index in [4.69, 9.17) is 66.6 Å². The fourth-order valence-electron chi connectivity index (χ4n) is 16.2. The van der Waals surface area contributed by atoms with Crippen molar-refractivity contribution in [1.29, 1.82) is 5.26 Å². The van der Waals surface area contributed by atoms with E-state index >= 15 is 0 Å². The minimum atomic E-state index is -3.99. The molecule has 0 heterocycles. The molecule has 3 aliphatic carbocycles. The number of nitriles is 1. The van der Waals surface area contributed by atoms with Crippen LogP contribution in [0.2, 0.25) is 5.02 Å². The number of carbonyl (C=O) groups excluding carboxylic acids is 3. The number of nitro groups is 1. The number of aliphatic hydroxyl groups is 7. The highest BCUT2D eigenvalue weighted by Crippen LogP contribution is 2.42. The zero-order valence-electron chi connectivity index (χ0n) is 76.0. The lowest BCUT2D eigenvalue weighted by molar-refractivity contribution is -0.384. The van der Waals surface area contributed by atoms with Gasteiger partial charge >= 0.3 is 0 Å². The summed E-state index contributed by atoms with van der Waals surface area (Å²) in [5, 5.41) is 86.1. The molecule has 0 bridgehead atoms. The summed E-state index contributed by atoms with van der Waals surface area (Å²) < 4.78 is 109. The molecule has 0 saturated heterocycles. The van der Waals surface area contributed by atoms with E-state index in [1.165, 1.54) is 86.0 Å². The second-order valence-electron chi connectivity index (χ2n) is 32.3. The van der Waals surface area contributed by atoms with Gasteiger partial charge in [0.2, 0.25) is 0 Å². The molecule has 0 spiro atoms. The maximum absolute atomic E-state index is 12.9. The summed E-state index contributed by atoms with van der Waals surface area (Å²) in [6.45, 7) is 3.80. The van der Waals surface area contributed by atoms with Crippen molar-refractivity contribution in [3.05, 3.63) is 367 Å². The lowest BCUT2D eigenvalue weighted by Gasteiger charge is -2.22. The van der Waals surface area contributed by atoms with Gasteiger partial charge in [-0.15, -0.1) is 86.4 Å². The number of nitrogens with zero attached hydrogens (tertiary/aromatic N) is 2. The van der Waals surface area contributed by atoms with Crippen LogP contribution < -0.4 is 4.74 Å². The Morgan fingerprint density at radius 2 is 0.698 bits per heavy atom. The minimum Gasteiger partial charge on any atom is -0.496 e. The van der Waals surface area contributed by atoms with Crippen molar-refractivity contribution in [2.45, 2.75) is 161 Å². The Balaban J connectivity index is 0.000000200. The largest absolute Gasteiger partial charge is 0.496 e. The Hall–Kier alpha value is -14.2. The molecule has 23 nitrogen and oxygen atoms in total. The lowest BCUT2D eigenvalue weighted by Crippen LogP contribution is -2.26. The highest BCUT2D eigenvalue weighted by atomic mass is 35.5. The van der Waals surface area contributed by atoms with Crippen molar-refractivity contribution in [3.8, 4) is 98.2 Å². The third kappa shape index (κ3) is 28.5. The summed E-state index contributed by atoms with van der Waals surface area (Å²) in [4.78, 5) is 46.9. The van der Waals surface area contributed by atoms with Crippen LogP contribution in [0.4, 0.5) is 5.69 Å². The van der Waals surface area contributed by atoms with Crippen molar-refractivity contribution in [3.63, 3.8) is 0 Å². The zero-order valence-corrected chi connectivity index (χ0v) is 80.0. The fourth-order valence-corrected chi connectivity index (χ4v) is 23.7. The predicted octanol–water partition coefficient (Wildman–Crippen LogP) is 15.7. The van der Waals surface area contributed by atoms with Crippen molar-refractivity contribution in [2.75, 3.05) is 7.11 Å². The minimum absolute atomic E-state index is 0.0116. The van der Waals surface area contributed by atoms with Gasteiger partial charge in [-0.05, 0) is 156 Å². The molecule has 714 valence electrons. The summed E-state index contributed by atoms with van der Waals surface area (Å²) in [5.41, 5.74) is 8.49. The predicted molar refractivity (Wildman–Crippen MR) is 534 cm³/mol. The van der Waals surface area contributed by atoms with Gasteiger partial charge in [0.1, 0.15) is 26.7 Å². The number of methoxy groups -OCH3 is 1. The number of hydrogen-bond acceptors (Lipinski definition) is 22. The van der Waals surface area contributed by atoms with Crippen LogP contribution in [0.5, 0.6) is 5.75 Å². The molecule has 14 rings (SSSR count). The summed E-state index contributed by atoms with van der Waals surface area (Å²) in [6, 6.07) is 77.3. The molecule has 14 atom stereocenters.